The Bertz CT molecular complexity index is 154. The van der Waals surface area contributed by atoms with Crippen LogP contribution in [0.4, 0.5) is 0 Å². The van der Waals surface area contributed by atoms with Crippen LogP contribution in [0.2, 0.25) is 0 Å². The maximum Gasteiger partial charge on any atom is 0.0678 e. The van der Waals surface area contributed by atoms with Gasteiger partial charge in [-0.15, -0.1) is 0 Å². The highest BCUT2D eigenvalue weighted by Crippen LogP contribution is 2.31. The van der Waals surface area contributed by atoms with Crippen molar-refractivity contribution in [3.05, 3.63) is 12.2 Å². The van der Waals surface area contributed by atoms with Gasteiger partial charge in [-0.3, -0.25) is 0 Å². The van der Waals surface area contributed by atoms with Gasteiger partial charge in [-0.05, 0) is 26.7 Å². The first-order valence-electron chi connectivity index (χ1n) is 4.91. The lowest BCUT2D eigenvalue weighted by Gasteiger charge is -2.33. The van der Waals surface area contributed by atoms with Gasteiger partial charge in [0.05, 0.1) is 12.2 Å². The molecule has 1 rings (SSSR count). The van der Waals surface area contributed by atoms with Crippen LogP contribution in [-0.4, -0.2) is 12.2 Å². The predicted octanol–water partition coefficient (Wildman–Crippen LogP) is 3.30. The molecule has 70 valence electrons. The third-order valence-electron chi connectivity index (χ3n) is 2.58. The zero-order chi connectivity index (χ0) is 9.03. The molecule has 0 spiro atoms. The van der Waals surface area contributed by atoms with E-state index in [9.17, 15) is 0 Å². The lowest BCUT2D eigenvalue weighted by atomic mass is 9.86. The van der Waals surface area contributed by atoms with Crippen molar-refractivity contribution in [2.24, 2.45) is 0 Å². The highest BCUT2D eigenvalue weighted by molar-refractivity contribution is 4.90. The van der Waals surface area contributed by atoms with Gasteiger partial charge in [0.1, 0.15) is 0 Å². The van der Waals surface area contributed by atoms with Gasteiger partial charge in [0.25, 0.3) is 0 Å². The molecular weight excluding hydrogens is 148 g/mol. The highest BCUT2D eigenvalue weighted by Gasteiger charge is 2.26. The van der Waals surface area contributed by atoms with E-state index < -0.39 is 0 Å². The van der Waals surface area contributed by atoms with Crippen LogP contribution in [0.3, 0.4) is 0 Å². The Morgan fingerprint density at radius 1 is 1.33 bits per heavy atom. The summed E-state index contributed by atoms with van der Waals surface area (Å²) in [7, 11) is 0. The zero-order valence-electron chi connectivity index (χ0n) is 8.36. The van der Waals surface area contributed by atoms with Crippen molar-refractivity contribution in [1.29, 1.82) is 0 Å². The summed E-state index contributed by atoms with van der Waals surface area (Å²) in [6.45, 7) is 8.83. The van der Waals surface area contributed by atoms with Crippen molar-refractivity contribution in [3.63, 3.8) is 0 Å². The average molecular weight is 168 g/mol. The molecule has 0 unspecified atom stereocenters. The Balaban J connectivity index is 2.31. The van der Waals surface area contributed by atoms with Crippen LogP contribution < -0.4 is 0 Å². The van der Waals surface area contributed by atoms with Crippen LogP contribution in [0, 0.1) is 0 Å². The molecule has 1 heteroatoms. The second-order valence-electron chi connectivity index (χ2n) is 4.26. The molecule has 1 aliphatic rings. The summed E-state index contributed by atoms with van der Waals surface area (Å²) in [5.74, 6) is 0. The molecule has 0 amide bonds. The molecule has 0 bridgehead atoms. The summed E-state index contributed by atoms with van der Waals surface area (Å²) in [6.07, 6.45) is 6.48. The summed E-state index contributed by atoms with van der Waals surface area (Å²) < 4.78 is 5.83. The van der Waals surface area contributed by atoms with E-state index >= 15 is 0 Å². The van der Waals surface area contributed by atoms with Crippen molar-refractivity contribution >= 4 is 0 Å². The summed E-state index contributed by atoms with van der Waals surface area (Å²) >= 11 is 0. The van der Waals surface area contributed by atoms with Crippen molar-refractivity contribution < 1.29 is 4.74 Å². The molecule has 1 fully saturated rings. The maximum atomic E-state index is 5.83. The Labute approximate surface area is 75.8 Å². The van der Waals surface area contributed by atoms with E-state index in [4.69, 9.17) is 4.74 Å². The Hall–Kier alpha value is -0.300. The van der Waals surface area contributed by atoms with Gasteiger partial charge in [-0.1, -0.05) is 31.4 Å². The van der Waals surface area contributed by atoms with Gasteiger partial charge in [0, 0.05) is 0 Å². The average Bonchev–Trinajstić information content (AvgIpc) is 2.03. The lowest BCUT2D eigenvalue weighted by Crippen LogP contribution is -2.31. The first-order valence-corrected chi connectivity index (χ1v) is 4.91. The Morgan fingerprint density at radius 3 is 2.42 bits per heavy atom. The minimum absolute atomic E-state index is 0.150. The smallest absolute Gasteiger partial charge is 0.0678 e. The standard InChI is InChI=1S/C11H20O/c1-10(2)9-12-11(3)7-5-4-6-8-11/h1,4-9H2,2-3H3. The van der Waals surface area contributed by atoms with E-state index in [2.05, 4.69) is 13.5 Å². The molecule has 0 aromatic heterocycles. The van der Waals surface area contributed by atoms with Gasteiger partial charge < -0.3 is 4.74 Å². The number of hydrogen-bond acceptors (Lipinski definition) is 1. The minimum Gasteiger partial charge on any atom is -0.371 e. The van der Waals surface area contributed by atoms with Crippen LogP contribution in [0.1, 0.15) is 46.0 Å². The topological polar surface area (TPSA) is 9.23 Å². The van der Waals surface area contributed by atoms with Gasteiger partial charge in [0.15, 0.2) is 0 Å². The van der Waals surface area contributed by atoms with Gasteiger partial charge in [-0.2, -0.15) is 0 Å². The van der Waals surface area contributed by atoms with E-state index in [1.807, 2.05) is 6.92 Å². The number of ether oxygens (including phenoxy) is 1. The first-order chi connectivity index (χ1) is 5.62. The van der Waals surface area contributed by atoms with Crippen LogP contribution in [0.25, 0.3) is 0 Å². The fraction of sp³-hybridized carbons (Fsp3) is 0.818. The fourth-order valence-corrected chi connectivity index (χ4v) is 1.74. The largest absolute Gasteiger partial charge is 0.371 e. The molecule has 1 saturated carbocycles. The molecule has 0 heterocycles. The van der Waals surface area contributed by atoms with Crippen molar-refractivity contribution in [2.75, 3.05) is 6.61 Å². The molecule has 0 saturated heterocycles. The van der Waals surface area contributed by atoms with E-state index in [-0.39, 0.29) is 5.60 Å². The van der Waals surface area contributed by atoms with Crippen molar-refractivity contribution in [2.45, 2.75) is 51.6 Å². The molecule has 1 aliphatic carbocycles. The van der Waals surface area contributed by atoms with E-state index in [0.717, 1.165) is 12.2 Å². The minimum atomic E-state index is 0.150. The molecule has 1 nitrogen and oxygen atoms in total. The quantitative estimate of drug-likeness (QED) is 0.587. The first kappa shape index (κ1) is 9.79. The van der Waals surface area contributed by atoms with Gasteiger partial charge >= 0.3 is 0 Å². The summed E-state index contributed by atoms with van der Waals surface area (Å²) in [5, 5.41) is 0. The SMILES string of the molecule is C=C(C)COC1(C)CCCCC1. The van der Waals surface area contributed by atoms with Crippen LogP contribution in [0.15, 0.2) is 12.2 Å². The third kappa shape index (κ3) is 2.98. The van der Waals surface area contributed by atoms with Crippen molar-refractivity contribution in [1.82, 2.24) is 0 Å². The zero-order valence-corrected chi connectivity index (χ0v) is 8.36. The van der Waals surface area contributed by atoms with Crippen LogP contribution in [-0.2, 0) is 4.74 Å². The molecule has 0 aromatic rings. The Morgan fingerprint density at radius 2 is 1.92 bits per heavy atom. The molecule has 0 radical (unpaired) electrons. The van der Waals surface area contributed by atoms with Crippen LogP contribution in [0.5, 0.6) is 0 Å². The molecule has 0 aliphatic heterocycles. The van der Waals surface area contributed by atoms with Crippen LogP contribution >= 0.6 is 0 Å². The van der Waals surface area contributed by atoms with Gasteiger partial charge in [-0.25, -0.2) is 0 Å². The second kappa shape index (κ2) is 4.08. The molecule has 0 N–H and O–H groups in total. The Kier molecular flexibility index (Phi) is 3.33. The summed E-state index contributed by atoms with van der Waals surface area (Å²) in [6, 6.07) is 0. The highest BCUT2D eigenvalue weighted by atomic mass is 16.5. The summed E-state index contributed by atoms with van der Waals surface area (Å²) in [4.78, 5) is 0. The number of hydrogen-bond donors (Lipinski definition) is 0. The normalized spacial score (nSPS) is 22.2. The summed E-state index contributed by atoms with van der Waals surface area (Å²) in [5.41, 5.74) is 1.28. The number of rotatable bonds is 3. The third-order valence-corrected chi connectivity index (χ3v) is 2.58. The van der Waals surface area contributed by atoms with Crippen molar-refractivity contribution in [3.8, 4) is 0 Å². The fourth-order valence-electron chi connectivity index (χ4n) is 1.74. The molecule has 12 heavy (non-hydrogen) atoms. The van der Waals surface area contributed by atoms with E-state index in [0.29, 0.717) is 0 Å². The van der Waals surface area contributed by atoms with E-state index in [1.54, 1.807) is 0 Å². The maximum absolute atomic E-state index is 5.83. The monoisotopic (exact) mass is 168 g/mol. The lowest BCUT2D eigenvalue weighted by molar-refractivity contribution is -0.0453. The van der Waals surface area contributed by atoms with Gasteiger partial charge in [0.2, 0.25) is 0 Å². The molecule has 0 atom stereocenters. The molecule has 0 aromatic carbocycles. The second-order valence-corrected chi connectivity index (χ2v) is 4.26. The van der Waals surface area contributed by atoms with E-state index in [1.165, 1.54) is 32.1 Å². The molecular formula is C11H20O. The predicted molar refractivity (Wildman–Crippen MR) is 52.3 cm³/mol.